The van der Waals surface area contributed by atoms with Crippen molar-refractivity contribution in [1.29, 1.82) is 0 Å². The molecule has 0 atom stereocenters. The van der Waals surface area contributed by atoms with Crippen LogP contribution in [0.1, 0.15) is 27.0 Å². The van der Waals surface area contributed by atoms with E-state index in [0.717, 1.165) is 22.4 Å². The van der Waals surface area contributed by atoms with Gasteiger partial charge in [0.25, 0.3) is 5.91 Å². The van der Waals surface area contributed by atoms with Gasteiger partial charge in [0.2, 0.25) is 0 Å². The molecule has 138 valence electrons. The third-order valence-corrected chi connectivity index (χ3v) is 4.32. The number of nitrogens with one attached hydrogen (secondary N) is 1. The number of anilines is 1. The first kappa shape index (κ1) is 18.5. The number of amides is 1. The maximum Gasteiger partial charge on any atom is 0.255 e. The van der Waals surface area contributed by atoms with Crippen molar-refractivity contribution in [2.45, 2.75) is 20.5 Å². The number of methoxy groups -OCH3 is 1. The smallest absolute Gasteiger partial charge is 0.255 e. The van der Waals surface area contributed by atoms with Gasteiger partial charge in [-0.05, 0) is 60.9 Å². The van der Waals surface area contributed by atoms with E-state index in [1.807, 2.05) is 68.4 Å². The van der Waals surface area contributed by atoms with E-state index >= 15 is 0 Å². The van der Waals surface area contributed by atoms with Crippen LogP contribution in [0.3, 0.4) is 0 Å². The predicted octanol–water partition coefficient (Wildman–Crippen LogP) is 5.14. The van der Waals surface area contributed by atoms with Crippen molar-refractivity contribution in [1.82, 2.24) is 0 Å². The Morgan fingerprint density at radius 1 is 0.926 bits per heavy atom. The molecule has 3 rings (SSSR count). The normalized spacial score (nSPS) is 10.3. The average Bonchev–Trinajstić information content (AvgIpc) is 2.69. The third kappa shape index (κ3) is 4.67. The second kappa shape index (κ2) is 8.41. The average molecular weight is 361 g/mol. The summed E-state index contributed by atoms with van der Waals surface area (Å²) in [6.07, 6.45) is 0. The lowest BCUT2D eigenvalue weighted by Gasteiger charge is -2.11. The van der Waals surface area contributed by atoms with Crippen LogP contribution in [0.25, 0.3) is 0 Å². The largest absolute Gasteiger partial charge is 0.493 e. The highest BCUT2D eigenvalue weighted by Gasteiger charge is 2.09. The van der Waals surface area contributed by atoms with Gasteiger partial charge in [-0.2, -0.15) is 0 Å². The highest BCUT2D eigenvalue weighted by Crippen LogP contribution is 2.26. The summed E-state index contributed by atoms with van der Waals surface area (Å²) >= 11 is 0. The fourth-order valence-corrected chi connectivity index (χ4v) is 2.72. The quantitative estimate of drug-likeness (QED) is 0.661. The number of aryl methyl sites for hydroxylation is 2. The molecule has 0 aromatic heterocycles. The zero-order chi connectivity index (χ0) is 19.2. The predicted molar refractivity (Wildman–Crippen MR) is 108 cm³/mol. The summed E-state index contributed by atoms with van der Waals surface area (Å²) in [7, 11) is 1.62. The molecule has 0 unspecified atom stereocenters. The summed E-state index contributed by atoms with van der Waals surface area (Å²) in [4.78, 5) is 12.5. The summed E-state index contributed by atoms with van der Waals surface area (Å²) < 4.78 is 11.1. The zero-order valence-corrected chi connectivity index (χ0v) is 15.8. The van der Waals surface area contributed by atoms with Crippen molar-refractivity contribution >= 4 is 11.6 Å². The molecule has 3 aromatic carbocycles. The molecule has 0 bridgehead atoms. The minimum absolute atomic E-state index is 0.124. The fraction of sp³-hybridized carbons (Fsp3) is 0.174. The van der Waals surface area contributed by atoms with E-state index in [0.29, 0.717) is 23.7 Å². The van der Waals surface area contributed by atoms with E-state index in [-0.39, 0.29) is 5.91 Å². The van der Waals surface area contributed by atoms with Crippen molar-refractivity contribution in [2.75, 3.05) is 12.4 Å². The molecule has 0 aliphatic heterocycles. The van der Waals surface area contributed by atoms with Crippen molar-refractivity contribution in [3.8, 4) is 11.5 Å². The Kier molecular flexibility index (Phi) is 5.77. The third-order valence-electron chi connectivity index (χ3n) is 4.32. The van der Waals surface area contributed by atoms with Crippen LogP contribution in [0.5, 0.6) is 11.5 Å². The highest BCUT2D eigenvalue weighted by molar-refractivity contribution is 6.04. The van der Waals surface area contributed by atoms with Crippen LogP contribution >= 0.6 is 0 Å². The van der Waals surface area contributed by atoms with Crippen LogP contribution in [0.15, 0.2) is 66.7 Å². The van der Waals surface area contributed by atoms with Crippen LogP contribution in [-0.2, 0) is 6.61 Å². The van der Waals surface area contributed by atoms with Crippen LogP contribution in [-0.4, -0.2) is 13.0 Å². The van der Waals surface area contributed by atoms with Gasteiger partial charge in [-0.3, -0.25) is 4.79 Å². The lowest BCUT2D eigenvalue weighted by Crippen LogP contribution is -2.13. The number of benzene rings is 3. The number of carbonyl (C=O) groups is 1. The summed E-state index contributed by atoms with van der Waals surface area (Å²) in [6, 6.07) is 20.9. The molecular weight excluding hydrogens is 338 g/mol. The Hall–Kier alpha value is -3.27. The lowest BCUT2D eigenvalue weighted by atomic mass is 10.1. The first-order valence-corrected chi connectivity index (χ1v) is 8.80. The number of hydrogen-bond acceptors (Lipinski definition) is 3. The number of ether oxygens (including phenoxy) is 2. The second-order valence-corrected chi connectivity index (χ2v) is 6.41. The minimum atomic E-state index is -0.124. The fourth-order valence-electron chi connectivity index (χ4n) is 2.72. The Morgan fingerprint density at radius 2 is 1.63 bits per heavy atom. The summed E-state index contributed by atoms with van der Waals surface area (Å²) in [5.41, 5.74) is 4.57. The molecule has 4 nitrogen and oxygen atoms in total. The molecular formula is C23H23NO3. The zero-order valence-electron chi connectivity index (χ0n) is 15.8. The molecule has 3 aromatic rings. The first-order chi connectivity index (χ1) is 13.1. The van der Waals surface area contributed by atoms with E-state index in [1.54, 1.807) is 19.2 Å². The van der Waals surface area contributed by atoms with Crippen LogP contribution < -0.4 is 14.8 Å². The van der Waals surface area contributed by atoms with Gasteiger partial charge >= 0.3 is 0 Å². The monoisotopic (exact) mass is 361 g/mol. The van der Waals surface area contributed by atoms with E-state index in [1.165, 1.54) is 0 Å². The molecule has 1 amide bonds. The van der Waals surface area contributed by atoms with E-state index < -0.39 is 0 Å². The van der Waals surface area contributed by atoms with Gasteiger partial charge in [0, 0.05) is 11.3 Å². The van der Waals surface area contributed by atoms with Crippen molar-refractivity contribution in [3.63, 3.8) is 0 Å². The Labute approximate surface area is 159 Å². The summed E-state index contributed by atoms with van der Waals surface area (Å²) in [5.74, 6) is 1.26. The number of carbonyl (C=O) groups excluding carboxylic acids is 1. The molecule has 0 saturated heterocycles. The summed E-state index contributed by atoms with van der Waals surface area (Å²) in [6.45, 7) is 4.39. The maximum atomic E-state index is 12.5. The van der Waals surface area contributed by atoms with Crippen LogP contribution in [0, 0.1) is 13.8 Å². The van der Waals surface area contributed by atoms with Crippen LogP contribution in [0.4, 0.5) is 5.69 Å². The van der Waals surface area contributed by atoms with Gasteiger partial charge in [-0.1, -0.05) is 36.4 Å². The number of para-hydroxylation sites is 2. The second-order valence-electron chi connectivity index (χ2n) is 6.41. The molecule has 27 heavy (non-hydrogen) atoms. The molecule has 0 heterocycles. The topological polar surface area (TPSA) is 47.6 Å². The first-order valence-electron chi connectivity index (χ1n) is 8.80. The van der Waals surface area contributed by atoms with Gasteiger partial charge in [0.15, 0.2) is 11.5 Å². The van der Waals surface area contributed by atoms with Crippen molar-refractivity contribution in [2.24, 2.45) is 0 Å². The number of rotatable bonds is 6. The lowest BCUT2D eigenvalue weighted by molar-refractivity contribution is 0.102. The van der Waals surface area contributed by atoms with E-state index in [2.05, 4.69) is 5.32 Å². The minimum Gasteiger partial charge on any atom is -0.493 e. The molecule has 4 heteroatoms. The molecule has 0 spiro atoms. The molecule has 1 N–H and O–H groups in total. The highest BCUT2D eigenvalue weighted by atomic mass is 16.5. The molecule has 0 radical (unpaired) electrons. The summed E-state index contributed by atoms with van der Waals surface area (Å²) in [5, 5.41) is 2.97. The van der Waals surface area contributed by atoms with Gasteiger partial charge in [0.05, 0.1) is 7.11 Å². The van der Waals surface area contributed by atoms with E-state index in [9.17, 15) is 4.79 Å². The standard InChI is InChI=1S/C23H23NO3/c1-16-8-9-17(2)20(14-16)24-23(25)19-12-10-18(11-13-19)15-27-22-7-5-4-6-21(22)26-3/h4-14H,15H2,1-3H3,(H,24,25). The van der Waals surface area contributed by atoms with Gasteiger partial charge < -0.3 is 14.8 Å². The Balaban J connectivity index is 1.64. The van der Waals surface area contributed by atoms with Crippen molar-refractivity contribution in [3.05, 3.63) is 89.0 Å². The molecule has 0 aliphatic carbocycles. The van der Waals surface area contributed by atoms with Crippen LogP contribution in [0.2, 0.25) is 0 Å². The SMILES string of the molecule is COc1ccccc1OCc1ccc(C(=O)Nc2cc(C)ccc2C)cc1. The molecule has 0 aliphatic rings. The van der Waals surface area contributed by atoms with Gasteiger partial charge in [-0.15, -0.1) is 0 Å². The maximum absolute atomic E-state index is 12.5. The molecule has 0 fully saturated rings. The number of hydrogen-bond donors (Lipinski definition) is 1. The molecule has 0 saturated carbocycles. The van der Waals surface area contributed by atoms with E-state index in [4.69, 9.17) is 9.47 Å². The van der Waals surface area contributed by atoms with Gasteiger partial charge in [-0.25, -0.2) is 0 Å². The Bertz CT molecular complexity index is 933. The van der Waals surface area contributed by atoms with Crippen molar-refractivity contribution < 1.29 is 14.3 Å². The van der Waals surface area contributed by atoms with Gasteiger partial charge in [0.1, 0.15) is 6.61 Å². The Morgan fingerprint density at radius 3 is 2.33 bits per heavy atom.